The number of hydrogen-bond acceptors (Lipinski definition) is 2. The molecule has 0 unspecified atom stereocenters. The Labute approximate surface area is 94.0 Å². The molecule has 0 aliphatic heterocycles. The number of rotatable bonds is 1. The summed E-state index contributed by atoms with van der Waals surface area (Å²) >= 11 is 5.97. The number of halogens is 1. The zero-order valence-electron chi connectivity index (χ0n) is 8.66. The minimum atomic E-state index is 0.782. The van der Waals surface area contributed by atoms with Crippen LogP contribution in [-0.4, -0.2) is 9.97 Å². The first-order chi connectivity index (χ1) is 7.16. The molecular formula is C12H11ClN2. The van der Waals surface area contributed by atoms with Gasteiger partial charge in [-0.2, -0.15) is 0 Å². The van der Waals surface area contributed by atoms with Crippen LogP contribution in [0.2, 0.25) is 5.02 Å². The number of hydrogen-bond donors (Lipinski definition) is 0. The van der Waals surface area contributed by atoms with Gasteiger partial charge in [-0.25, -0.2) is 9.97 Å². The molecule has 1 aromatic carbocycles. The van der Waals surface area contributed by atoms with Crippen LogP contribution in [0.5, 0.6) is 0 Å². The van der Waals surface area contributed by atoms with E-state index in [9.17, 15) is 0 Å². The average Bonchev–Trinajstić information content (AvgIpc) is 2.22. The zero-order chi connectivity index (χ0) is 10.8. The Bertz CT molecular complexity index is 495. The third kappa shape index (κ3) is 2.16. The molecule has 0 radical (unpaired) electrons. The van der Waals surface area contributed by atoms with Crippen molar-refractivity contribution in [3.05, 3.63) is 46.9 Å². The Balaban J connectivity index is 2.50. The lowest BCUT2D eigenvalue weighted by molar-refractivity contribution is 1.11. The van der Waals surface area contributed by atoms with Crippen LogP contribution in [0.3, 0.4) is 0 Å². The molecule has 1 heterocycles. The number of aromatic nitrogens is 2. The van der Waals surface area contributed by atoms with Gasteiger partial charge < -0.3 is 0 Å². The van der Waals surface area contributed by atoms with Gasteiger partial charge in [0.15, 0.2) is 0 Å². The van der Waals surface area contributed by atoms with E-state index in [2.05, 4.69) is 9.97 Å². The molecule has 2 rings (SSSR count). The van der Waals surface area contributed by atoms with Gasteiger partial charge in [-0.05, 0) is 37.6 Å². The molecule has 15 heavy (non-hydrogen) atoms. The van der Waals surface area contributed by atoms with Crippen molar-refractivity contribution in [1.82, 2.24) is 9.97 Å². The summed E-state index contributed by atoms with van der Waals surface area (Å²) in [6.45, 7) is 3.94. The first-order valence-electron chi connectivity index (χ1n) is 4.72. The molecule has 0 saturated heterocycles. The van der Waals surface area contributed by atoms with Crippen molar-refractivity contribution in [2.24, 2.45) is 0 Å². The van der Waals surface area contributed by atoms with Crippen LogP contribution in [0.15, 0.2) is 30.6 Å². The van der Waals surface area contributed by atoms with Gasteiger partial charge in [0.05, 0.1) is 5.69 Å². The molecule has 76 valence electrons. The van der Waals surface area contributed by atoms with E-state index in [4.69, 9.17) is 11.6 Å². The van der Waals surface area contributed by atoms with Crippen LogP contribution in [-0.2, 0) is 0 Å². The summed E-state index contributed by atoms with van der Waals surface area (Å²) in [6, 6.07) is 7.85. The maximum atomic E-state index is 5.97. The van der Waals surface area contributed by atoms with E-state index < -0.39 is 0 Å². The molecule has 3 heteroatoms. The average molecular weight is 219 g/mol. The third-order valence-corrected chi connectivity index (χ3v) is 2.68. The fraction of sp³-hybridized carbons (Fsp3) is 0.167. The van der Waals surface area contributed by atoms with Crippen molar-refractivity contribution < 1.29 is 0 Å². The van der Waals surface area contributed by atoms with Gasteiger partial charge in [0.1, 0.15) is 6.33 Å². The maximum absolute atomic E-state index is 5.97. The lowest BCUT2D eigenvalue weighted by Crippen LogP contribution is -1.88. The highest BCUT2D eigenvalue weighted by molar-refractivity contribution is 6.31. The maximum Gasteiger partial charge on any atom is 0.116 e. The van der Waals surface area contributed by atoms with Crippen molar-refractivity contribution >= 4 is 11.6 Å². The first-order valence-corrected chi connectivity index (χ1v) is 5.10. The summed E-state index contributed by atoms with van der Waals surface area (Å²) in [5.41, 5.74) is 4.03. The monoisotopic (exact) mass is 218 g/mol. The first kappa shape index (κ1) is 10.1. The summed E-state index contributed by atoms with van der Waals surface area (Å²) in [6.07, 6.45) is 1.58. The van der Waals surface area contributed by atoms with Crippen LogP contribution in [0, 0.1) is 13.8 Å². The minimum absolute atomic E-state index is 0.782. The minimum Gasteiger partial charge on any atom is -0.242 e. The van der Waals surface area contributed by atoms with Crippen molar-refractivity contribution in [2.75, 3.05) is 0 Å². The summed E-state index contributed by atoms with van der Waals surface area (Å²) in [4.78, 5) is 8.29. The normalized spacial score (nSPS) is 10.3. The van der Waals surface area contributed by atoms with E-state index in [-0.39, 0.29) is 0 Å². The molecule has 2 aromatic rings. The van der Waals surface area contributed by atoms with Crippen molar-refractivity contribution in [3.8, 4) is 11.3 Å². The molecule has 0 aliphatic carbocycles. The number of benzene rings is 1. The second kappa shape index (κ2) is 3.99. The van der Waals surface area contributed by atoms with E-state index in [1.807, 2.05) is 38.1 Å². The third-order valence-electron chi connectivity index (χ3n) is 2.26. The smallest absolute Gasteiger partial charge is 0.116 e. The van der Waals surface area contributed by atoms with E-state index in [1.54, 1.807) is 6.33 Å². The predicted molar refractivity (Wildman–Crippen MR) is 62.0 cm³/mol. The highest BCUT2D eigenvalue weighted by atomic mass is 35.5. The lowest BCUT2D eigenvalue weighted by atomic mass is 10.1. The SMILES string of the molecule is Cc1cc(-c2ccc(Cl)c(C)c2)ncn1. The Morgan fingerprint density at radius 1 is 1.07 bits per heavy atom. The van der Waals surface area contributed by atoms with Crippen molar-refractivity contribution in [3.63, 3.8) is 0 Å². The summed E-state index contributed by atoms with van der Waals surface area (Å²) in [5, 5.41) is 0.782. The fourth-order valence-electron chi connectivity index (χ4n) is 1.42. The lowest BCUT2D eigenvalue weighted by Gasteiger charge is -2.03. The van der Waals surface area contributed by atoms with Crippen LogP contribution >= 0.6 is 11.6 Å². The second-order valence-corrected chi connectivity index (χ2v) is 3.92. The van der Waals surface area contributed by atoms with E-state index in [1.165, 1.54) is 0 Å². The quantitative estimate of drug-likeness (QED) is 0.733. The van der Waals surface area contributed by atoms with Crippen LogP contribution in [0.1, 0.15) is 11.3 Å². The van der Waals surface area contributed by atoms with Gasteiger partial charge in [-0.3, -0.25) is 0 Å². The standard InChI is InChI=1S/C12H11ClN2/c1-8-5-10(3-4-11(8)13)12-6-9(2)14-7-15-12/h3-7H,1-2H3. The van der Waals surface area contributed by atoms with Crippen LogP contribution in [0.4, 0.5) is 0 Å². The van der Waals surface area contributed by atoms with Gasteiger partial charge in [0.25, 0.3) is 0 Å². The summed E-state index contributed by atoms with van der Waals surface area (Å²) < 4.78 is 0. The molecule has 0 amide bonds. The van der Waals surface area contributed by atoms with Gasteiger partial charge in [0, 0.05) is 16.3 Å². The molecule has 0 saturated carbocycles. The predicted octanol–water partition coefficient (Wildman–Crippen LogP) is 3.41. The fourth-order valence-corrected chi connectivity index (χ4v) is 1.53. The molecule has 0 spiro atoms. The molecule has 1 aromatic heterocycles. The summed E-state index contributed by atoms with van der Waals surface area (Å²) in [7, 11) is 0. The number of nitrogens with zero attached hydrogens (tertiary/aromatic N) is 2. The molecular weight excluding hydrogens is 208 g/mol. The summed E-state index contributed by atoms with van der Waals surface area (Å²) in [5.74, 6) is 0. The molecule has 0 N–H and O–H groups in total. The van der Waals surface area contributed by atoms with Crippen molar-refractivity contribution in [2.45, 2.75) is 13.8 Å². The van der Waals surface area contributed by atoms with E-state index in [0.29, 0.717) is 0 Å². The highest BCUT2D eigenvalue weighted by Gasteiger charge is 2.02. The Morgan fingerprint density at radius 3 is 2.53 bits per heavy atom. The number of aryl methyl sites for hydroxylation is 2. The van der Waals surface area contributed by atoms with E-state index >= 15 is 0 Å². The molecule has 0 atom stereocenters. The van der Waals surface area contributed by atoms with Gasteiger partial charge in [-0.15, -0.1) is 0 Å². The zero-order valence-corrected chi connectivity index (χ0v) is 9.42. The molecule has 0 aliphatic rings. The van der Waals surface area contributed by atoms with Gasteiger partial charge >= 0.3 is 0 Å². The second-order valence-electron chi connectivity index (χ2n) is 3.51. The Morgan fingerprint density at radius 2 is 1.87 bits per heavy atom. The van der Waals surface area contributed by atoms with Gasteiger partial charge in [0.2, 0.25) is 0 Å². The van der Waals surface area contributed by atoms with Crippen molar-refractivity contribution in [1.29, 1.82) is 0 Å². The van der Waals surface area contributed by atoms with Crippen LogP contribution < -0.4 is 0 Å². The Hall–Kier alpha value is -1.41. The van der Waals surface area contributed by atoms with E-state index in [0.717, 1.165) is 27.5 Å². The van der Waals surface area contributed by atoms with Gasteiger partial charge in [-0.1, -0.05) is 17.7 Å². The Kier molecular flexibility index (Phi) is 2.69. The molecule has 2 nitrogen and oxygen atoms in total. The van der Waals surface area contributed by atoms with Crippen LogP contribution in [0.25, 0.3) is 11.3 Å². The molecule has 0 bridgehead atoms. The molecule has 0 fully saturated rings. The highest BCUT2D eigenvalue weighted by Crippen LogP contribution is 2.23. The topological polar surface area (TPSA) is 25.8 Å². The largest absolute Gasteiger partial charge is 0.242 e.